The molecule has 0 saturated carbocycles. The van der Waals surface area contributed by atoms with Crippen molar-refractivity contribution in [1.82, 2.24) is 0 Å². The predicted molar refractivity (Wildman–Crippen MR) is 54.7 cm³/mol. The fourth-order valence-electron chi connectivity index (χ4n) is 0.871. The summed E-state index contributed by atoms with van der Waals surface area (Å²) in [4.78, 5) is 0. The number of hydrogen-bond acceptors (Lipinski definition) is 4. The molecule has 0 aliphatic carbocycles. The summed E-state index contributed by atoms with van der Waals surface area (Å²) in [7, 11) is -4.58. The third-order valence-corrected chi connectivity index (χ3v) is 1.84. The average Bonchev–Trinajstić information content (AvgIpc) is 2.13. The summed E-state index contributed by atoms with van der Waals surface area (Å²) in [5, 5.41) is 0. The summed E-state index contributed by atoms with van der Waals surface area (Å²) >= 11 is 0. The van der Waals surface area contributed by atoms with E-state index >= 15 is 0 Å². The van der Waals surface area contributed by atoms with E-state index in [0.717, 1.165) is 5.56 Å². The summed E-state index contributed by atoms with van der Waals surface area (Å²) in [6.45, 7) is -0.235. The Kier molecular flexibility index (Phi) is 10.1. The Labute approximate surface area is 117 Å². The van der Waals surface area contributed by atoms with Gasteiger partial charge in [-0.25, -0.2) is 8.42 Å². The molecule has 0 radical (unpaired) electrons. The van der Waals surface area contributed by atoms with Crippen LogP contribution < -0.4 is 29.6 Å². The summed E-state index contributed by atoms with van der Waals surface area (Å²) in [5.41, 5.74) is 0.916. The molecule has 0 amide bonds. The molecule has 0 spiro atoms. The normalized spacial score (nSPS) is 10.6. The maximum Gasteiger partial charge on any atom is 1.00 e. The van der Waals surface area contributed by atoms with Crippen LogP contribution in [0.1, 0.15) is 5.56 Å². The summed E-state index contributed by atoms with van der Waals surface area (Å²) < 4.78 is 34.1. The van der Waals surface area contributed by atoms with Gasteiger partial charge >= 0.3 is 29.6 Å². The van der Waals surface area contributed by atoms with E-state index in [0.29, 0.717) is 0 Å². The van der Waals surface area contributed by atoms with Gasteiger partial charge < -0.3 is 10.0 Å². The van der Waals surface area contributed by atoms with Crippen molar-refractivity contribution in [3.63, 3.8) is 0 Å². The quantitative estimate of drug-likeness (QED) is 0.333. The van der Waals surface area contributed by atoms with Crippen molar-refractivity contribution in [2.24, 2.45) is 0 Å². The van der Waals surface area contributed by atoms with Crippen molar-refractivity contribution in [3.05, 3.63) is 42.0 Å². The second kappa shape index (κ2) is 8.89. The summed E-state index contributed by atoms with van der Waals surface area (Å²) in [6.07, 6.45) is 3.13. The van der Waals surface area contributed by atoms with Gasteiger partial charge in [-0.05, 0) is 5.56 Å². The first-order chi connectivity index (χ1) is 6.58. The predicted octanol–water partition coefficient (Wildman–Crippen LogP) is -2.64. The Balaban J connectivity index is 0. The molecule has 0 saturated heterocycles. The van der Waals surface area contributed by atoms with Crippen LogP contribution in [0.3, 0.4) is 0 Å². The van der Waals surface area contributed by atoms with E-state index < -0.39 is 10.4 Å². The first-order valence-electron chi connectivity index (χ1n) is 3.90. The van der Waals surface area contributed by atoms with Crippen molar-refractivity contribution in [2.75, 3.05) is 6.61 Å². The molecule has 0 unspecified atom stereocenters. The van der Waals surface area contributed by atoms with Crippen LogP contribution in [0.5, 0.6) is 0 Å². The van der Waals surface area contributed by atoms with Crippen LogP contribution in [0.25, 0.3) is 6.08 Å². The second-order valence-electron chi connectivity index (χ2n) is 2.51. The Morgan fingerprint density at radius 2 is 1.81 bits per heavy atom. The van der Waals surface area contributed by atoms with Crippen molar-refractivity contribution in [2.45, 2.75) is 0 Å². The molecule has 1 rings (SSSR count). The Bertz CT molecular complexity index is 401. The van der Waals surface area contributed by atoms with Crippen LogP contribution in [0.4, 0.5) is 0 Å². The molecule has 2 N–H and O–H groups in total. The number of rotatable bonds is 4. The van der Waals surface area contributed by atoms with Crippen molar-refractivity contribution in [3.8, 4) is 0 Å². The molecule has 0 atom stereocenters. The van der Waals surface area contributed by atoms with Gasteiger partial charge in [0, 0.05) is 0 Å². The molecule has 84 valence electrons. The topological polar surface area (TPSA) is 97.9 Å². The van der Waals surface area contributed by atoms with Gasteiger partial charge in [-0.3, -0.25) is 4.18 Å². The van der Waals surface area contributed by atoms with Crippen LogP contribution in [-0.2, 0) is 14.6 Å². The Hall–Kier alpha value is -0.210. The van der Waals surface area contributed by atoms with Gasteiger partial charge in [0.05, 0.1) is 6.61 Å². The number of benzene rings is 1. The van der Waals surface area contributed by atoms with Crippen molar-refractivity contribution in [1.29, 1.82) is 0 Å². The minimum atomic E-state index is -4.58. The molecule has 0 aromatic heterocycles. The fourth-order valence-corrected chi connectivity index (χ4v) is 1.12. The van der Waals surface area contributed by atoms with Crippen molar-refractivity contribution >= 4 is 16.5 Å². The molecule has 1 aromatic carbocycles. The van der Waals surface area contributed by atoms with Crippen LogP contribution in [0.15, 0.2) is 36.4 Å². The molecule has 0 heterocycles. The minimum absolute atomic E-state index is 0. The summed E-state index contributed by atoms with van der Waals surface area (Å²) in [6, 6.07) is 9.27. The van der Waals surface area contributed by atoms with Gasteiger partial charge in [0.2, 0.25) is 10.4 Å². The third-order valence-electron chi connectivity index (χ3n) is 1.42. The van der Waals surface area contributed by atoms with E-state index in [2.05, 4.69) is 4.18 Å². The van der Waals surface area contributed by atoms with Crippen LogP contribution in [0.2, 0.25) is 0 Å². The van der Waals surface area contributed by atoms with Gasteiger partial charge in [0.25, 0.3) is 0 Å². The standard InChI is InChI=1S/C9H10O4S.Na.H2O/c10-14(11,12)13-8-4-7-9-5-2-1-3-6-9;;/h1-7H,8H2,(H,10,11,12);;1H2/q;+1;/p-1/b7-4+;;. The van der Waals surface area contributed by atoms with E-state index in [9.17, 15) is 13.0 Å². The Morgan fingerprint density at radius 3 is 2.31 bits per heavy atom. The van der Waals surface area contributed by atoms with Crippen LogP contribution in [-0.4, -0.2) is 25.1 Å². The molecule has 0 bridgehead atoms. The van der Waals surface area contributed by atoms with E-state index in [4.69, 9.17) is 0 Å². The monoisotopic (exact) mass is 254 g/mol. The zero-order valence-corrected chi connectivity index (χ0v) is 11.6. The van der Waals surface area contributed by atoms with E-state index in [1.165, 1.54) is 6.08 Å². The van der Waals surface area contributed by atoms with E-state index in [1.807, 2.05) is 30.3 Å². The summed E-state index contributed by atoms with van der Waals surface area (Å²) in [5.74, 6) is 0. The molecular formula is C9H11NaO5S. The van der Waals surface area contributed by atoms with Gasteiger partial charge in [0.1, 0.15) is 0 Å². The smallest absolute Gasteiger partial charge is 0.726 e. The zero-order chi connectivity index (χ0) is 10.4. The largest absolute Gasteiger partial charge is 1.00 e. The zero-order valence-electron chi connectivity index (χ0n) is 8.79. The van der Waals surface area contributed by atoms with Crippen molar-refractivity contribution < 1.29 is 52.2 Å². The first-order valence-corrected chi connectivity index (χ1v) is 5.23. The van der Waals surface area contributed by atoms with E-state index in [-0.39, 0.29) is 41.6 Å². The maximum absolute atomic E-state index is 10.0. The first kappa shape index (κ1) is 18.2. The minimum Gasteiger partial charge on any atom is -0.726 e. The average molecular weight is 254 g/mol. The fraction of sp³-hybridized carbons (Fsp3) is 0.111. The molecule has 5 nitrogen and oxygen atoms in total. The SMILES string of the molecule is O.O=S(=O)([O-])OC/C=C/c1ccccc1.[Na+]. The van der Waals surface area contributed by atoms with Gasteiger partial charge in [-0.1, -0.05) is 42.5 Å². The second-order valence-corrected chi connectivity index (χ2v) is 3.56. The number of hydrogen-bond donors (Lipinski definition) is 0. The molecule has 0 aliphatic rings. The molecule has 1 aromatic rings. The van der Waals surface area contributed by atoms with Crippen LogP contribution >= 0.6 is 0 Å². The van der Waals surface area contributed by atoms with Gasteiger partial charge in [0.15, 0.2) is 0 Å². The van der Waals surface area contributed by atoms with Gasteiger partial charge in [-0.2, -0.15) is 0 Å². The van der Waals surface area contributed by atoms with Gasteiger partial charge in [-0.15, -0.1) is 0 Å². The van der Waals surface area contributed by atoms with E-state index in [1.54, 1.807) is 6.08 Å². The molecule has 0 aliphatic heterocycles. The third kappa shape index (κ3) is 9.05. The van der Waals surface area contributed by atoms with Crippen LogP contribution in [0, 0.1) is 0 Å². The maximum atomic E-state index is 10.0. The molecule has 0 fully saturated rings. The Morgan fingerprint density at radius 1 is 1.25 bits per heavy atom. The molecule has 7 heteroatoms. The molecular weight excluding hydrogens is 243 g/mol. The molecule has 16 heavy (non-hydrogen) atoms.